The smallest absolute Gasteiger partial charge is 0.411 e. The summed E-state index contributed by atoms with van der Waals surface area (Å²) in [5.74, 6) is -0.218. The Hall–Kier alpha value is -2.87. The number of hydrogen-bond donors (Lipinski definition) is 2. The molecule has 0 aliphatic heterocycles. The maximum absolute atomic E-state index is 12.4. The van der Waals surface area contributed by atoms with E-state index in [9.17, 15) is 9.59 Å². The van der Waals surface area contributed by atoms with Crippen LogP contribution in [0.5, 0.6) is 0 Å². The zero-order valence-corrected chi connectivity index (χ0v) is 14.8. The molecule has 0 radical (unpaired) electrons. The Bertz CT molecular complexity index is 741. The minimum absolute atomic E-state index is 0.00836. The molecule has 0 aliphatic carbocycles. The number of nitrogens with zero attached hydrogens (tertiary/aromatic N) is 3. The molecule has 1 aromatic heterocycles. The van der Waals surface area contributed by atoms with Crippen molar-refractivity contribution in [2.45, 2.75) is 6.04 Å². The highest BCUT2D eigenvalue weighted by molar-refractivity contribution is 5.96. The van der Waals surface area contributed by atoms with E-state index in [0.717, 1.165) is 5.56 Å². The Balaban J connectivity index is 2.03. The van der Waals surface area contributed by atoms with Crippen molar-refractivity contribution in [2.24, 2.45) is 7.05 Å². The Morgan fingerprint density at radius 1 is 1.36 bits per heavy atom. The second kappa shape index (κ2) is 8.29. The first kappa shape index (κ1) is 18.5. The van der Waals surface area contributed by atoms with Crippen LogP contribution in [-0.2, 0) is 11.8 Å². The summed E-state index contributed by atoms with van der Waals surface area (Å²) < 4.78 is 6.28. The van der Waals surface area contributed by atoms with Gasteiger partial charge in [-0.15, -0.1) is 0 Å². The van der Waals surface area contributed by atoms with E-state index >= 15 is 0 Å². The number of hydrogen-bond acceptors (Lipinski definition) is 5. The lowest BCUT2D eigenvalue weighted by molar-refractivity contribution is 0.0942. The number of anilines is 1. The summed E-state index contributed by atoms with van der Waals surface area (Å²) in [6.07, 6.45) is 3.14. The fourth-order valence-electron chi connectivity index (χ4n) is 2.41. The van der Waals surface area contributed by atoms with Gasteiger partial charge in [-0.1, -0.05) is 6.07 Å². The van der Waals surface area contributed by atoms with Crippen molar-refractivity contribution in [3.05, 3.63) is 47.8 Å². The van der Waals surface area contributed by atoms with Gasteiger partial charge in [0.25, 0.3) is 5.91 Å². The molecule has 8 nitrogen and oxygen atoms in total. The zero-order chi connectivity index (χ0) is 18.4. The molecule has 0 aliphatic rings. The molecule has 2 rings (SSSR count). The number of rotatable bonds is 6. The predicted octanol–water partition coefficient (Wildman–Crippen LogP) is 1.63. The fraction of sp³-hybridized carbons (Fsp3) is 0.353. The van der Waals surface area contributed by atoms with E-state index in [1.807, 2.05) is 32.2 Å². The maximum atomic E-state index is 12.4. The quantitative estimate of drug-likeness (QED) is 0.831. The van der Waals surface area contributed by atoms with E-state index in [-0.39, 0.29) is 11.9 Å². The van der Waals surface area contributed by atoms with Crippen molar-refractivity contribution in [3.63, 3.8) is 0 Å². The molecular formula is C17H23N5O3. The van der Waals surface area contributed by atoms with Crippen LogP contribution in [0.1, 0.15) is 22.0 Å². The number of ether oxygens (including phenoxy) is 1. The Morgan fingerprint density at radius 2 is 2.12 bits per heavy atom. The van der Waals surface area contributed by atoms with E-state index in [2.05, 4.69) is 20.5 Å². The molecule has 1 aromatic carbocycles. The molecule has 0 saturated heterocycles. The average Bonchev–Trinajstić information content (AvgIpc) is 3.00. The summed E-state index contributed by atoms with van der Waals surface area (Å²) in [4.78, 5) is 25.7. The molecule has 1 heterocycles. The van der Waals surface area contributed by atoms with E-state index in [1.165, 1.54) is 7.11 Å². The third-order valence-electron chi connectivity index (χ3n) is 3.75. The lowest BCUT2D eigenvalue weighted by atomic mass is 10.1. The summed E-state index contributed by atoms with van der Waals surface area (Å²) in [6.45, 7) is 0.437. The van der Waals surface area contributed by atoms with Gasteiger partial charge in [0.1, 0.15) is 0 Å². The monoisotopic (exact) mass is 345 g/mol. The van der Waals surface area contributed by atoms with Gasteiger partial charge in [0, 0.05) is 36.6 Å². The number of aromatic nitrogens is 2. The van der Waals surface area contributed by atoms with Gasteiger partial charge in [-0.3, -0.25) is 14.8 Å². The maximum Gasteiger partial charge on any atom is 0.411 e. The van der Waals surface area contributed by atoms with Crippen LogP contribution in [0, 0.1) is 0 Å². The number of likely N-dealkylation sites (N-methyl/N-ethyl adjacent to an activating group) is 1. The second-order valence-corrected chi connectivity index (χ2v) is 5.83. The summed E-state index contributed by atoms with van der Waals surface area (Å²) in [5, 5.41) is 9.64. The molecule has 2 N–H and O–H groups in total. The molecule has 0 fully saturated rings. The standard InChI is InChI=1S/C17H23N5O3/c1-21(2)15(13-9-19-22(3)11-13)10-18-16(23)12-6-5-7-14(8-12)20-17(24)25-4/h5-9,11,15H,10H2,1-4H3,(H,18,23)(H,20,24). The molecule has 0 saturated carbocycles. The highest BCUT2D eigenvalue weighted by atomic mass is 16.5. The first-order valence-corrected chi connectivity index (χ1v) is 7.79. The first-order valence-electron chi connectivity index (χ1n) is 7.79. The molecule has 1 atom stereocenters. The minimum atomic E-state index is -0.582. The van der Waals surface area contributed by atoms with Crippen LogP contribution >= 0.6 is 0 Å². The van der Waals surface area contributed by atoms with Gasteiger partial charge in [-0.05, 0) is 32.3 Å². The van der Waals surface area contributed by atoms with Crippen LogP contribution in [0.4, 0.5) is 10.5 Å². The lowest BCUT2D eigenvalue weighted by Gasteiger charge is -2.23. The van der Waals surface area contributed by atoms with Gasteiger partial charge >= 0.3 is 6.09 Å². The molecule has 2 aromatic rings. The number of carbonyl (C=O) groups excluding carboxylic acids is 2. The highest BCUT2D eigenvalue weighted by Gasteiger charge is 2.17. The third-order valence-corrected chi connectivity index (χ3v) is 3.75. The largest absolute Gasteiger partial charge is 0.453 e. The molecule has 134 valence electrons. The molecule has 1 unspecified atom stereocenters. The Kier molecular flexibility index (Phi) is 6.13. The normalized spacial score (nSPS) is 11.9. The van der Waals surface area contributed by atoms with Crippen molar-refractivity contribution in [1.82, 2.24) is 20.0 Å². The second-order valence-electron chi connectivity index (χ2n) is 5.83. The molecule has 2 amide bonds. The third kappa shape index (κ3) is 5.05. The topological polar surface area (TPSA) is 88.5 Å². The van der Waals surface area contributed by atoms with Crippen LogP contribution in [0.15, 0.2) is 36.7 Å². The Morgan fingerprint density at radius 3 is 2.72 bits per heavy atom. The summed E-state index contributed by atoms with van der Waals surface area (Å²) in [7, 11) is 7.04. The number of amides is 2. The van der Waals surface area contributed by atoms with E-state index < -0.39 is 6.09 Å². The number of carbonyl (C=O) groups is 2. The van der Waals surface area contributed by atoms with E-state index in [1.54, 1.807) is 35.1 Å². The minimum Gasteiger partial charge on any atom is -0.453 e. The van der Waals surface area contributed by atoms with Crippen molar-refractivity contribution >= 4 is 17.7 Å². The molecule has 8 heteroatoms. The van der Waals surface area contributed by atoms with Gasteiger partial charge in [-0.25, -0.2) is 4.79 Å². The SMILES string of the molecule is COC(=O)Nc1cccc(C(=O)NCC(c2cnn(C)c2)N(C)C)c1. The summed E-state index contributed by atoms with van der Waals surface area (Å²) in [6, 6.07) is 6.68. The van der Waals surface area contributed by atoms with Gasteiger partial charge in [0.05, 0.1) is 19.3 Å². The van der Waals surface area contributed by atoms with Crippen molar-refractivity contribution < 1.29 is 14.3 Å². The van der Waals surface area contributed by atoms with Gasteiger partial charge in [0.2, 0.25) is 0 Å². The van der Waals surface area contributed by atoms with E-state index in [0.29, 0.717) is 17.8 Å². The lowest BCUT2D eigenvalue weighted by Crippen LogP contribution is -2.34. The molecule has 25 heavy (non-hydrogen) atoms. The fourth-order valence-corrected chi connectivity index (χ4v) is 2.41. The average molecular weight is 345 g/mol. The number of aryl methyl sites for hydroxylation is 1. The van der Waals surface area contributed by atoms with Crippen LogP contribution in [0.3, 0.4) is 0 Å². The first-order chi connectivity index (χ1) is 11.9. The van der Waals surface area contributed by atoms with Crippen LogP contribution in [-0.4, -0.2) is 54.4 Å². The van der Waals surface area contributed by atoms with Crippen molar-refractivity contribution in [1.29, 1.82) is 0 Å². The molecule has 0 bridgehead atoms. The zero-order valence-electron chi connectivity index (χ0n) is 14.8. The van der Waals surface area contributed by atoms with Gasteiger partial charge < -0.3 is 15.0 Å². The van der Waals surface area contributed by atoms with Crippen molar-refractivity contribution in [2.75, 3.05) is 33.1 Å². The van der Waals surface area contributed by atoms with Crippen LogP contribution in [0.25, 0.3) is 0 Å². The Labute approximate surface area is 146 Å². The van der Waals surface area contributed by atoms with Crippen LogP contribution in [0.2, 0.25) is 0 Å². The highest BCUT2D eigenvalue weighted by Crippen LogP contribution is 2.17. The van der Waals surface area contributed by atoms with Gasteiger partial charge in [-0.2, -0.15) is 5.10 Å². The van der Waals surface area contributed by atoms with Crippen LogP contribution < -0.4 is 10.6 Å². The summed E-state index contributed by atoms with van der Waals surface area (Å²) in [5.41, 5.74) is 1.97. The van der Waals surface area contributed by atoms with Crippen molar-refractivity contribution in [3.8, 4) is 0 Å². The predicted molar refractivity (Wildman–Crippen MR) is 94.4 cm³/mol. The number of nitrogens with one attached hydrogen (secondary N) is 2. The summed E-state index contributed by atoms with van der Waals surface area (Å²) >= 11 is 0. The molecular weight excluding hydrogens is 322 g/mol. The molecule has 0 spiro atoms. The number of methoxy groups -OCH3 is 1. The van der Waals surface area contributed by atoms with Gasteiger partial charge in [0.15, 0.2) is 0 Å². The number of benzene rings is 1. The van der Waals surface area contributed by atoms with E-state index in [4.69, 9.17) is 0 Å².